The molecule has 0 bridgehead atoms. The van der Waals surface area contributed by atoms with Crippen LogP contribution in [-0.2, 0) is 4.74 Å². The zero-order valence-electron chi connectivity index (χ0n) is 7.48. The van der Waals surface area contributed by atoms with Gasteiger partial charge in [0.15, 0.2) is 0 Å². The molecule has 0 N–H and O–H groups in total. The lowest BCUT2D eigenvalue weighted by Gasteiger charge is -2.18. The molecule has 0 unspecified atom stereocenters. The Hall–Kier alpha value is -0.150. The summed E-state index contributed by atoms with van der Waals surface area (Å²) in [6.07, 6.45) is 0.636. The molecular formula is C8H18FNO. The third-order valence-corrected chi connectivity index (χ3v) is 1.67. The van der Waals surface area contributed by atoms with E-state index in [0.29, 0.717) is 6.42 Å². The van der Waals surface area contributed by atoms with E-state index >= 15 is 0 Å². The Morgan fingerprint density at radius 1 is 1.36 bits per heavy atom. The van der Waals surface area contributed by atoms with Crippen LogP contribution in [0.1, 0.15) is 13.3 Å². The molecule has 0 rings (SSSR count). The van der Waals surface area contributed by atoms with Gasteiger partial charge in [-0.1, -0.05) is 6.92 Å². The Kier molecular flexibility index (Phi) is 7.84. The van der Waals surface area contributed by atoms with Crippen molar-refractivity contribution in [2.24, 2.45) is 0 Å². The normalized spacial score (nSPS) is 10.9. The van der Waals surface area contributed by atoms with Crippen molar-refractivity contribution in [3.8, 4) is 0 Å². The molecule has 2 nitrogen and oxygen atoms in total. The van der Waals surface area contributed by atoms with Crippen LogP contribution in [-0.4, -0.2) is 44.9 Å². The fraction of sp³-hybridized carbons (Fsp3) is 1.00. The summed E-state index contributed by atoms with van der Waals surface area (Å²) in [6.45, 7) is 5.32. The summed E-state index contributed by atoms with van der Waals surface area (Å²) in [5.41, 5.74) is 0. The van der Waals surface area contributed by atoms with Crippen LogP contribution in [0.2, 0.25) is 0 Å². The molecule has 0 aliphatic heterocycles. The van der Waals surface area contributed by atoms with Crippen molar-refractivity contribution < 1.29 is 9.13 Å². The lowest BCUT2D eigenvalue weighted by atomic mass is 10.4. The van der Waals surface area contributed by atoms with Gasteiger partial charge in [0.25, 0.3) is 0 Å². The fourth-order valence-corrected chi connectivity index (χ4v) is 0.932. The molecule has 0 heterocycles. The third kappa shape index (κ3) is 6.26. The Morgan fingerprint density at radius 2 is 2.09 bits per heavy atom. The summed E-state index contributed by atoms with van der Waals surface area (Å²) in [6, 6.07) is 0. The summed E-state index contributed by atoms with van der Waals surface area (Å²) in [5, 5.41) is 0. The second-order valence-electron chi connectivity index (χ2n) is 2.47. The van der Waals surface area contributed by atoms with E-state index in [0.717, 1.165) is 26.2 Å². The van der Waals surface area contributed by atoms with Crippen molar-refractivity contribution in [1.29, 1.82) is 0 Å². The van der Waals surface area contributed by atoms with Gasteiger partial charge in [-0.3, -0.25) is 4.39 Å². The van der Waals surface area contributed by atoms with E-state index in [4.69, 9.17) is 4.74 Å². The molecule has 0 atom stereocenters. The second kappa shape index (κ2) is 7.95. The van der Waals surface area contributed by atoms with Gasteiger partial charge in [0.1, 0.15) is 0 Å². The van der Waals surface area contributed by atoms with Gasteiger partial charge in [0, 0.05) is 20.2 Å². The van der Waals surface area contributed by atoms with E-state index in [1.807, 2.05) is 0 Å². The number of hydrogen-bond donors (Lipinski definition) is 0. The van der Waals surface area contributed by atoms with Crippen LogP contribution in [0.15, 0.2) is 0 Å². The lowest BCUT2D eigenvalue weighted by Crippen LogP contribution is -2.28. The van der Waals surface area contributed by atoms with Gasteiger partial charge in [-0.15, -0.1) is 0 Å². The molecule has 0 amide bonds. The molecule has 11 heavy (non-hydrogen) atoms. The van der Waals surface area contributed by atoms with Crippen molar-refractivity contribution in [1.82, 2.24) is 4.90 Å². The first kappa shape index (κ1) is 10.8. The third-order valence-electron chi connectivity index (χ3n) is 1.67. The van der Waals surface area contributed by atoms with E-state index in [1.165, 1.54) is 0 Å². The summed E-state index contributed by atoms with van der Waals surface area (Å²) in [5.74, 6) is 0. The highest BCUT2D eigenvalue weighted by atomic mass is 19.1. The number of hydrogen-bond acceptors (Lipinski definition) is 2. The zero-order valence-corrected chi connectivity index (χ0v) is 7.48. The zero-order chi connectivity index (χ0) is 8.53. The SMILES string of the molecule is CCN(CCCF)CCOC. The van der Waals surface area contributed by atoms with Crippen LogP contribution >= 0.6 is 0 Å². The predicted octanol–water partition coefficient (Wildman–Crippen LogP) is 1.31. The highest BCUT2D eigenvalue weighted by Crippen LogP contribution is 1.91. The van der Waals surface area contributed by atoms with Crippen LogP contribution in [0.25, 0.3) is 0 Å². The van der Waals surface area contributed by atoms with Crippen LogP contribution < -0.4 is 0 Å². The number of methoxy groups -OCH3 is 1. The standard InChI is InChI=1S/C8H18FNO/c1-3-10(6-4-5-9)7-8-11-2/h3-8H2,1-2H3. The Labute approximate surface area is 68.3 Å². The van der Waals surface area contributed by atoms with Crippen LogP contribution in [0, 0.1) is 0 Å². The molecule has 0 saturated heterocycles. The Balaban J connectivity index is 3.25. The highest BCUT2D eigenvalue weighted by Gasteiger charge is 1.99. The number of ether oxygens (including phenoxy) is 1. The maximum Gasteiger partial charge on any atom is 0.0906 e. The number of nitrogens with zero attached hydrogens (tertiary/aromatic N) is 1. The molecule has 0 saturated carbocycles. The molecule has 0 spiro atoms. The minimum absolute atomic E-state index is 0.219. The second-order valence-corrected chi connectivity index (χ2v) is 2.47. The van der Waals surface area contributed by atoms with Gasteiger partial charge in [0.05, 0.1) is 13.3 Å². The average molecular weight is 163 g/mol. The first-order valence-electron chi connectivity index (χ1n) is 4.12. The lowest BCUT2D eigenvalue weighted by molar-refractivity contribution is 0.148. The van der Waals surface area contributed by atoms with Crippen molar-refractivity contribution in [3.05, 3.63) is 0 Å². The average Bonchev–Trinajstić information content (AvgIpc) is 2.05. The van der Waals surface area contributed by atoms with Gasteiger partial charge < -0.3 is 9.64 Å². The molecule has 3 heteroatoms. The van der Waals surface area contributed by atoms with Gasteiger partial charge in [-0.25, -0.2) is 0 Å². The van der Waals surface area contributed by atoms with Crippen molar-refractivity contribution in [2.75, 3.05) is 40.0 Å². The van der Waals surface area contributed by atoms with Gasteiger partial charge in [-0.05, 0) is 13.0 Å². The van der Waals surface area contributed by atoms with E-state index < -0.39 is 0 Å². The quantitative estimate of drug-likeness (QED) is 0.561. The largest absolute Gasteiger partial charge is 0.383 e. The summed E-state index contributed by atoms with van der Waals surface area (Å²) in [4.78, 5) is 2.18. The molecule has 0 radical (unpaired) electrons. The predicted molar refractivity (Wildman–Crippen MR) is 44.6 cm³/mol. The summed E-state index contributed by atoms with van der Waals surface area (Å²) in [7, 11) is 1.68. The smallest absolute Gasteiger partial charge is 0.0906 e. The minimum Gasteiger partial charge on any atom is -0.383 e. The molecule has 0 aliphatic rings. The Morgan fingerprint density at radius 3 is 2.55 bits per heavy atom. The number of rotatable bonds is 7. The van der Waals surface area contributed by atoms with Gasteiger partial charge in [-0.2, -0.15) is 0 Å². The molecule has 0 fully saturated rings. The first-order chi connectivity index (χ1) is 5.35. The molecular weight excluding hydrogens is 145 g/mol. The maximum absolute atomic E-state index is 11.8. The number of likely N-dealkylation sites (N-methyl/N-ethyl adjacent to an activating group) is 1. The van der Waals surface area contributed by atoms with Crippen LogP contribution in [0.4, 0.5) is 4.39 Å². The number of alkyl halides is 1. The van der Waals surface area contributed by atoms with E-state index in [-0.39, 0.29) is 6.67 Å². The molecule has 0 aliphatic carbocycles. The fourth-order valence-electron chi connectivity index (χ4n) is 0.932. The summed E-state index contributed by atoms with van der Waals surface area (Å²) < 4.78 is 16.7. The first-order valence-corrected chi connectivity index (χ1v) is 4.12. The monoisotopic (exact) mass is 163 g/mol. The van der Waals surface area contributed by atoms with Crippen LogP contribution in [0.3, 0.4) is 0 Å². The van der Waals surface area contributed by atoms with Gasteiger partial charge >= 0.3 is 0 Å². The van der Waals surface area contributed by atoms with Crippen molar-refractivity contribution in [3.63, 3.8) is 0 Å². The molecule has 0 aromatic heterocycles. The highest BCUT2D eigenvalue weighted by molar-refractivity contribution is 4.53. The molecule has 0 aromatic carbocycles. The number of halogens is 1. The van der Waals surface area contributed by atoms with E-state index in [1.54, 1.807) is 7.11 Å². The van der Waals surface area contributed by atoms with Crippen molar-refractivity contribution >= 4 is 0 Å². The topological polar surface area (TPSA) is 12.5 Å². The van der Waals surface area contributed by atoms with Crippen LogP contribution in [0.5, 0.6) is 0 Å². The maximum atomic E-state index is 11.8. The Bertz CT molecular complexity index is 72.5. The van der Waals surface area contributed by atoms with Crippen molar-refractivity contribution in [2.45, 2.75) is 13.3 Å². The minimum atomic E-state index is -0.219. The van der Waals surface area contributed by atoms with E-state index in [2.05, 4.69) is 11.8 Å². The van der Waals surface area contributed by atoms with Gasteiger partial charge in [0.2, 0.25) is 0 Å². The molecule has 0 aromatic rings. The van der Waals surface area contributed by atoms with E-state index in [9.17, 15) is 4.39 Å². The molecule has 68 valence electrons. The summed E-state index contributed by atoms with van der Waals surface area (Å²) >= 11 is 0.